The van der Waals surface area contributed by atoms with Gasteiger partial charge < -0.3 is 5.11 Å². The first-order valence-corrected chi connectivity index (χ1v) is 7.91. The van der Waals surface area contributed by atoms with Crippen molar-refractivity contribution in [3.8, 4) is 11.6 Å². The lowest BCUT2D eigenvalue weighted by atomic mass is 10.3. The molecule has 5 nitrogen and oxygen atoms in total. The molecule has 0 radical (unpaired) electrons. The van der Waals surface area contributed by atoms with Gasteiger partial charge in [0.2, 0.25) is 5.88 Å². The maximum atomic E-state index is 12.5. The monoisotopic (exact) mass is 367 g/mol. The normalized spacial score (nSPS) is 11.6. The summed E-state index contributed by atoms with van der Waals surface area (Å²) < 4.78 is 39.4. The van der Waals surface area contributed by atoms with Gasteiger partial charge in [-0.25, -0.2) is 9.36 Å². The predicted molar refractivity (Wildman–Crippen MR) is 86.9 cm³/mol. The lowest BCUT2D eigenvalue weighted by molar-refractivity contribution is -0.0328. The minimum atomic E-state index is -4.38. The largest absolute Gasteiger partial charge is 0.493 e. The van der Waals surface area contributed by atoms with Crippen LogP contribution < -0.4 is 5.69 Å². The number of aromatic nitrogens is 3. The summed E-state index contributed by atoms with van der Waals surface area (Å²) in [6.07, 6.45) is 4.46. The number of halogens is 3. The Morgan fingerprint density at radius 3 is 2.32 bits per heavy atom. The first-order valence-electron chi connectivity index (χ1n) is 7.10. The van der Waals surface area contributed by atoms with E-state index in [1.54, 1.807) is 24.5 Å². The zero-order chi connectivity index (χ0) is 18.0. The van der Waals surface area contributed by atoms with Crippen molar-refractivity contribution < 1.29 is 18.3 Å². The Labute approximate surface area is 144 Å². The Bertz CT molecular complexity index is 919. The highest BCUT2D eigenvalue weighted by Gasteiger charge is 2.29. The molecule has 3 aromatic rings. The van der Waals surface area contributed by atoms with Crippen molar-refractivity contribution in [2.24, 2.45) is 0 Å². The average molecular weight is 367 g/mol. The van der Waals surface area contributed by atoms with Crippen molar-refractivity contribution in [3.05, 3.63) is 71.0 Å². The number of benzene rings is 1. The van der Waals surface area contributed by atoms with Crippen LogP contribution in [0.5, 0.6) is 5.88 Å². The minimum absolute atomic E-state index is 0.00000647. The summed E-state index contributed by atoms with van der Waals surface area (Å²) >= 11 is -0.241. The van der Waals surface area contributed by atoms with Gasteiger partial charge in [-0.2, -0.15) is 13.2 Å². The van der Waals surface area contributed by atoms with E-state index < -0.39 is 11.2 Å². The molecule has 130 valence electrons. The van der Waals surface area contributed by atoms with Gasteiger partial charge in [-0.3, -0.25) is 9.55 Å². The number of thioether (sulfide) groups is 1. The fraction of sp³-hybridized carbons (Fsp3) is 0.125. The number of hydrogen-bond acceptors (Lipinski definition) is 4. The van der Waals surface area contributed by atoms with E-state index in [0.29, 0.717) is 0 Å². The van der Waals surface area contributed by atoms with Crippen LogP contribution in [0.25, 0.3) is 5.69 Å². The van der Waals surface area contributed by atoms with Crippen LogP contribution >= 0.6 is 11.8 Å². The highest BCUT2D eigenvalue weighted by molar-refractivity contribution is 8.00. The molecule has 0 saturated heterocycles. The fourth-order valence-corrected chi connectivity index (χ4v) is 2.86. The van der Waals surface area contributed by atoms with Crippen LogP contribution in [0.3, 0.4) is 0 Å². The molecule has 1 aromatic carbocycles. The molecule has 0 saturated carbocycles. The van der Waals surface area contributed by atoms with Gasteiger partial charge in [0.15, 0.2) is 0 Å². The number of imidazole rings is 1. The SMILES string of the molecule is O=c1n(Cc2ccncc2)cc(O)n1-c1ccc(SC(F)(F)F)cc1. The summed E-state index contributed by atoms with van der Waals surface area (Å²) in [5.41, 5.74) is -3.77. The quantitative estimate of drug-likeness (QED) is 0.718. The van der Waals surface area contributed by atoms with Gasteiger partial charge in [0.05, 0.1) is 18.4 Å². The van der Waals surface area contributed by atoms with Crippen molar-refractivity contribution in [2.45, 2.75) is 16.9 Å². The third-order valence-electron chi connectivity index (χ3n) is 3.37. The van der Waals surface area contributed by atoms with Crippen molar-refractivity contribution in [1.29, 1.82) is 0 Å². The zero-order valence-electron chi connectivity index (χ0n) is 12.6. The highest BCUT2D eigenvalue weighted by atomic mass is 32.2. The zero-order valence-corrected chi connectivity index (χ0v) is 13.5. The standard InChI is InChI=1S/C16H12F3N3O2S/c17-16(18,19)25-13-3-1-12(2-4-13)22-14(23)10-21(15(22)24)9-11-5-7-20-8-6-11/h1-8,10,23H,9H2. The number of pyridine rings is 1. The second kappa shape index (κ2) is 6.67. The summed E-state index contributed by atoms with van der Waals surface area (Å²) in [5.74, 6) is -0.296. The van der Waals surface area contributed by atoms with E-state index in [1.165, 1.54) is 35.0 Å². The maximum Gasteiger partial charge on any atom is 0.446 e. The van der Waals surface area contributed by atoms with Crippen molar-refractivity contribution in [3.63, 3.8) is 0 Å². The average Bonchev–Trinajstić information content (AvgIpc) is 2.82. The minimum Gasteiger partial charge on any atom is -0.493 e. The van der Waals surface area contributed by atoms with Gasteiger partial charge in [-0.05, 0) is 53.7 Å². The maximum absolute atomic E-state index is 12.5. The molecule has 0 amide bonds. The molecule has 2 heterocycles. The fourth-order valence-electron chi connectivity index (χ4n) is 2.32. The van der Waals surface area contributed by atoms with Gasteiger partial charge in [0, 0.05) is 17.3 Å². The third kappa shape index (κ3) is 4.05. The molecule has 3 rings (SSSR count). The van der Waals surface area contributed by atoms with E-state index in [4.69, 9.17) is 0 Å². The van der Waals surface area contributed by atoms with E-state index >= 15 is 0 Å². The Kier molecular flexibility index (Phi) is 4.58. The molecule has 0 aliphatic carbocycles. The molecular formula is C16H12F3N3O2S. The molecule has 25 heavy (non-hydrogen) atoms. The van der Waals surface area contributed by atoms with Gasteiger partial charge in [0.1, 0.15) is 0 Å². The molecule has 0 fully saturated rings. The first kappa shape index (κ1) is 17.2. The number of nitrogens with zero attached hydrogens (tertiary/aromatic N) is 3. The van der Waals surface area contributed by atoms with Gasteiger partial charge in [0.25, 0.3) is 0 Å². The van der Waals surface area contributed by atoms with Crippen LogP contribution in [0, 0.1) is 0 Å². The summed E-state index contributed by atoms with van der Waals surface area (Å²) in [6.45, 7) is 0.240. The molecule has 1 N–H and O–H groups in total. The lowest BCUT2D eigenvalue weighted by Crippen LogP contribution is -2.23. The predicted octanol–water partition coefficient (Wildman–Crippen LogP) is 3.40. The first-order chi connectivity index (χ1) is 11.8. The molecule has 0 atom stereocenters. The summed E-state index contributed by atoms with van der Waals surface area (Å²) in [5, 5.41) is 10.0. The van der Waals surface area contributed by atoms with E-state index in [1.807, 2.05) is 0 Å². The molecule has 2 aromatic heterocycles. The number of rotatable bonds is 4. The molecule has 9 heteroatoms. The Morgan fingerprint density at radius 2 is 1.72 bits per heavy atom. The molecule has 0 spiro atoms. The number of aromatic hydroxyl groups is 1. The van der Waals surface area contributed by atoms with Crippen LogP contribution in [0.15, 0.2) is 64.7 Å². The summed E-state index contributed by atoms with van der Waals surface area (Å²) in [6, 6.07) is 8.69. The molecule has 0 unspecified atom stereocenters. The number of hydrogen-bond donors (Lipinski definition) is 1. The highest BCUT2D eigenvalue weighted by Crippen LogP contribution is 2.37. The summed E-state index contributed by atoms with van der Waals surface area (Å²) in [4.78, 5) is 16.4. The van der Waals surface area contributed by atoms with Crippen LogP contribution in [0.4, 0.5) is 13.2 Å². The Balaban J connectivity index is 1.89. The van der Waals surface area contributed by atoms with E-state index in [2.05, 4.69) is 4.98 Å². The smallest absolute Gasteiger partial charge is 0.446 e. The van der Waals surface area contributed by atoms with Crippen molar-refractivity contribution >= 4 is 11.8 Å². The van der Waals surface area contributed by atoms with Crippen molar-refractivity contribution in [1.82, 2.24) is 14.1 Å². The van der Waals surface area contributed by atoms with E-state index in [9.17, 15) is 23.1 Å². The van der Waals surface area contributed by atoms with Crippen LogP contribution in [0.2, 0.25) is 0 Å². The molecule has 0 bridgehead atoms. The topological polar surface area (TPSA) is 60.1 Å². The molecule has 0 aliphatic rings. The molecular weight excluding hydrogens is 355 g/mol. The van der Waals surface area contributed by atoms with Crippen LogP contribution in [-0.4, -0.2) is 24.7 Å². The summed E-state index contributed by atoms with van der Waals surface area (Å²) in [7, 11) is 0. The van der Waals surface area contributed by atoms with Crippen LogP contribution in [0.1, 0.15) is 5.56 Å². The number of alkyl halides is 3. The van der Waals surface area contributed by atoms with Gasteiger partial charge in [-0.1, -0.05) is 0 Å². The van der Waals surface area contributed by atoms with Crippen LogP contribution in [-0.2, 0) is 6.54 Å². The van der Waals surface area contributed by atoms with Crippen molar-refractivity contribution in [2.75, 3.05) is 0 Å². The Hall–Kier alpha value is -2.68. The second-order valence-corrected chi connectivity index (χ2v) is 6.27. The van der Waals surface area contributed by atoms with Gasteiger partial charge in [-0.15, -0.1) is 0 Å². The lowest BCUT2D eigenvalue weighted by Gasteiger charge is -2.07. The van der Waals surface area contributed by atoms with E-state index in [-0.39, 0.29) is 34.8 Å². The third-order valence-corrected chi connectivity index (χ3v) is 4.11. The molecule has 0 aliphatic heterocycles. The Morgan fingerprint density at radius 1 is 1.08 bits per heavy atom. The van der Waals surface area contributed by atoms with Gasteiger partial charge >= 0.3 is 11.2 Å². The van der Waals surface area contributed by atoms with E-state index in [0.717, 1.165) is 10.1 Å². The second-order valence-electron chi connectivity index (χ2n) is 5.13.